The highest BCUT2D eigenvalue weighted by Crippen LogP contribution is 2.41. The van der Waals surface area contributed by atoms with Gasteiger partial charge in [-0.2, -0.15) is 13.2 Å². The second-order valence-electron chi connectivity index (χ2n) is 8.06. The number of fused-ring (bicyclic) bond motifs is 2. The Labute approximate surface area is 187 Å². The van der Waals surface area contributed by atoms with E-state index >= 15 is 0 Å². The molecule has 33 heavy (non-hydrogen) atoms. The average Bonchev–Trinajstić information content (AvgIpc) is 2.72. The number of aromatic amines is 1. The Kier molecular flexibility index (Phi) is 5.24. The van der Waals surface area contributed by atoms with Crippen LogP contribution in [0.15, 0.2) is 57.1 Å². The van der Waals surface area contributed by atoms with Crippen LogP contribution in [-0.4, -0.2) is 19.3 Å². The zero-order valence-corrected chi connectivity index (χ0v) is 18.6. The van der Waals surface area contributed by atoms with Crippen molar-refractivity contribution in [3.63, 3.8) is 0 Å². The molecule has 3 aromatic rings. The van der Waals surface area contributed by atoms with E-state index in [0.717, 1.165) is 13.0 Å². The number of hydrogen-bond acceptors (Lipinski definition) is 4. The average molecular weight is 476 g/mol. The van der Waals surface area contributed by atoms with Gasteiger partial charge in [-0.05, 0) is 66.8 Å². The van der Waals surface area contributed by atoms with E-state index in [1.807, 2.05) is 0 Å². The molecule has 2 aromatic carbocycles. The van der Waals surface area contributed by atoms with Gasteiger partial charge in [-0.1, -0.05) is 24.3 Å². The Hall–Kier alpha value is -3.40. The lowest BCUT2D eigenvalue weighted by Crippen LogP contribution is -2.37. The van der Waals surface area contributed by atoms with Gasteiger partial charge in [0.05, 0.1) is 15.8 Å². The standard InChI is InChI=1S/C23H19F3N2O4S/c1-11-4-6-14-17(8-11)33(31,32)18-9-12(2)5-7-15(18)19(14)27-21(29)16-10-13(3)20(23(24,25)26)28-22(16)30/h4-10,19H,1-3H3,(H,27,29)(H,28,30). The highest BCUT2D eigenvalue weighted by Gasteiger charge is 2.38. The van der Waals surface area contributed by atoms with Crippen molar-refractivity contribution >= 4 is 15.7 Å². The van der Waals surface area contributed by atoms with Gasteiger partial charge in [0.15, 0.2) is 0 Å². The van der Waals surface area contributed by atoms with E-state index in [9.17, 15) is 31.2 Å². The molecule has 172 valence electrons. The number of nitrogens with one attached hydrogen (secondary N) is 2. The molecule has 1 aliphatic heterocycles. The van der Waals surface area contributed by atoms with Crippen LogP contribution < -0.4 is 10.9 Å². The zero-order chi connectivity index (χ0) is 24.3. The molecule has 2 N–H and O–H groups in total. The summed E-state index contributed by atoms with van der Waals surface area (Å²) in [6, 6.07) is 9.52. The van der Waals surface area contributed by atoms with Gasteiger partial charge in [0.1, 0.15) is 11.3 Å². The van der Waals surface area contributed by atoms with Crippen molar-refractivity contribution in [1.82, 2.24) is 10.3 Å². The fraction of sp³-hybridized carbons (Fsp3) is 0.217. The number of halogens is 3. The number of sulfone groups is 1. The maximum absolute atomic E-state index is 13.3. The van der Waals surface area contributed by atoms with E-state index < -0.39 is 44.8 Å². The van der Waals surface area contributed by atoms with Gasteiger partial charge in [0.2, 0.25) is 9.84 Å². The van der Waals surface area contributed by atoms with Gasteiger partial charge < -0.3 is 10.3 Å². The van der Waals surface area contributed by atoms with E-state index in [4.69, 9.17) is 0 Å². The quantitative estimate of drug-likeness (QED) is 0.585. The number of amides is 1. The van der Waals surface area contributed by atoms with Crippen LogP contribution in [-0.2, 0) is 16.0 Å². The van der Waals surface area contributed by atoms with Crippen molar-refractivity contribution in [2.24, 2.45) is 0 Å². The number of benzene rings is 2. The Morgan fingerprint density at radius 3 is 1.94 bits per heavy atom. The van der Waals surface area contributed by atoms with Gasteiger partial charge in [0.25, 0.3) is 11.5 Å². The normalized spacial score (nSPS) is 15.0. The first-order chi connectivity index (χ1) is 15.3. The Balaban J connectivity index is 1.84. The highest BCUT2D eigenvalue weighted by atomic mass is 32.2. The number of alkyl halides is 3. The lowest BCUT2D eigenvalue weighted by molar-refractivity contribution is -0.141. The molecule has 4 rings (SSSR count). The molecular formula is C23H19F3N2O4S. The Morgan fingerprint density at radius 2 is 1.45 bits per heavy atom. The number of rotatable bonds is 2. The molecule has 0 saturated heterocycles. The minimum Gasteiger partial charge on any atom is -0.341 e. The molecule has 0 fully saturated rings. The Morgan fingerprint density at radius 1 is 0.939 bits per heavy atom. The number of carbonyl (C=O) groups excluding carboxylic acids is 1. The van der Waals surface area contributed by atoms with E-state index in [0.29, 0.717) is 22.3 Å². The molecule has 0 bridgehead atoms. The smallest absolute Gasteiger partial charge is 0.341 e. The maximum atomic E-state index is 13.3. The molecule has 1 aromatic heterocycles. The van der Waals surface area contributed by atoms with Crippen molar-refractivity contribution in [2.75, 3.05) is 0 Å². The molecule has 0 atom stereocenters. The molecule has 2 heterocycles. The summed E-state index contributed by atoms with van der Waals surface area (Å²) in [7, 11) is -3.86. The lowest BCUT2D eigenvalue weighted by atomic mass is 9.95. The van der Waals surface area contributed by atoms with Crippen LogP contribution in [0, 0.1) is 20.8 Å². The first kappa shape index (κ1) is 22.8. The molecule has 1 amide bonds. The number of carbonyl (C=O) groups is 1. The second-order valence-corrected chi connectivity index (χ2v) is 9.95. The van der Waals surface area contributed by atoms with Crippen LogP contribution in [0.2, 0.25) is 0 Å². The number of pyridine rings is 1. The van der Waals surface area contributed by atoms with E-state index in [1.54, 1.807) is 43.1 Å². The molecular weight excluding hydrogens is 457 g/mol. The summed E-state index contributed by atoms with van der Waals surface area (Å²) < 4.78 is 65.7. The van der Waals surface area contributed by atoms with E-state index in [2.05, 4.69) is 5.32 Å². The third-order valence-corrected chi connectivity index (χ3v) is 7.45. The summed E-state index contributed by atoms with van der Waals surface area (Å²) >= 11 is 0. The van der Waals surface area contributed by atoms with Gasteiger partial charge in [-0.25, -0.2) is 8.42 Å². The number of H-pyrrole nitrogens is 1. The van der Waals surface area contributed by atoms with Gasteiger partial charge in [-0.15, -0.1) is 0 Å². The zero-order valence-electron chi connectivity index (χ0n) is 17.8. The van der Waals surface area contributed by atoms with Crippen molar-refractivity contribution in [2.45, 2.75) is 42.8 Å². The summed E-state index contributed by atoms with van der Waals surface area (Å²) in [5, 5.41) is 2.65. The largest absolute Gasteiger partial charge is 0.431 e. The van der Waals surface area contributed by atoms with Crippen molar-refractivity contribution < 1.29 is 26.4 Å². The predicted molar refractivity (Wildman–Crippen MR) is 114 cm³/mol. The molecule has 6 nitrogen and oxygen atoms in total. The fourth-order valence-corrected chi connectivity index (χ4v) is 5.88. The van der Waals surface area contributed by atoms with Crippen LogP contribution in [0.3, 0.4) is 0 Å². The van der Waals surface area contributed by atoms with Gasteiger partial charge in [-0.3, -0.25) is 9.59 Å². The van der Waals surface area contributed by atoms with Crippen LogP contribution in [0.4, 0.5) is 13.2 Å². The van der Waals surface area contributed by atoms with E-state index in [-0.39, 0.29) is 15.4 Å². The van der Waals surface area contributed by atoms with Gasteiger partial charge in [0, 0.05) is 0 Å². The summed E-state index contributed by atoms with van der Waals surface area (Å²) in [5.74, 6) is -0.921. The van der Waals surface area contributed by atoms with Gasteiger partial charge >= 0.3 is 6.18 Å². The molecule has 0 saturated carbocycles. The van der Waals surface area contributed by atoms with Crippen LogP contribution >= 0.6 is 0 Å². The molecule has 0 aliphatic carbocycles. The summed E-state index contributed by atoms with van der Waals surface area (Å²) in [5.41, 5.74) is -1.21. The first-order valence-electron chi connectivity index (χ1n) is 9.89. The summed E-state index contributed by atoms with van der Waals surface area (Å²) in [4.78, 5) is 27.1. The minimum absolute atomic E-state index is 0.0309. The third-order valence-electron chi connectivity index (χ3n) is 5.58. The van der Waals surface area contributed by atoms with Crippen LogP contribution in [0.25, 0.3) is 0 Å². The topological polar surface area (TPSA) is 96.1 Å². The second kappa shape index (κ2) is 7.58. The molecule has 0 unspecified atom stereocenters. The number of hydrogen-bond donors (Lipinski definition) is 2. The monoisotopic (exact) mass is 476 g/mol. The van der Waals surface area contributed by atoms with E-state index in [1.165, 1.54) is 12.1 Å². The van der Waals surface area contributed by atoms with Crippen molar-refractivity contribution in [3.8, 4) is 0 Å². The maximum Gasteiger partial charge on any atom is 0.431 e. The van der Waals surface area contributed by atoms with Crippen molar-refractivity contribution in [3.05, 3.63) is 91.9 Å². The number of aromatic nitrogens is 1. The van der Waals surface area contributed by atoms with Crippen LogP contribution in [0.1, 0.15) is 49.9 Å². The number of aryl methyl sites for hydroxylation is 3. The fourth-order valence-electron chi connectivity index (χ4n) is 3.97. The molecule has 0 spiro atoms. The Bertz CT molecular complexity index is 1410. The molecule has 10 heteroatoms. The first-order valence-corrected chi connectivity index (χ1v) is 11.4. The predicted octanol–water partition coefficient (Wildman–Crippen LogP) is 3.98. The molecule has 1 aliphatic rings. The highest BCUT2D eigenvalue weighted by molar-refractivity contribution is 7.91. The summed E-state index contributed by atoms with van der Waals surface area (Å²) in [6.07, 6.45) is -4.77. The molecule has 0 radical (unpaired) electrons. The SMILES string of the molecule is Cc1ccc2c(c1)S(=O)(=O)c1cc(C)ccc1C2NC(=O)c1cc(C)c(C(F)(F)F)[nH]c1=O. The van der Waals surface area contributed by atoms with Crippen molar-refractivity contribution in [1.29, 1.82) is 0 Å². The summed E-state index contributed by atoms with van der Waals surface area (Å²) in [6.45, 7) is 4.61. The minimum atomic E-state index is -4.77. The lowest BCUT2D eigenvalue weighted by Gasteiger charge is -2.29. The third kappa shape index (κ3) is 3.84. The van der Waals surface area contributed by atoms with Crippen LogP contribution in [0.5, 0.6) is 0 Å².